The molecule has 0 bridgehead atoms. The van der Waals surface area contributed by atoms with E-state index in [0.717, 1.165) is 40.3 Å². The maximum atomic E-state index is 13.7. The van der Waals surface area contributed by atoms with Gasteiger partial charge in [-0.05, 0) is 54.7 Å². The molecule has 2 atom stereocenters. The van der Waals surface area contributed by atoms with Crippen LogP contribution in [0.25, 0.3) is 0 Å². The van der Waals surface area contributed by atoms with Gasteiger partial charge in [-0.1, -0.05) is 74.0 Å². The average molecular weight is 457 g/mol. The van der Waals surface area contributed by atoms with Gasteiger partial charge < -0.3 is 10.2 Å². The summed E-state index contributed by atoms with van der Waals surface area (Å²) in [5.41, 5.74) is 3.13. The van der Waals surface area contributed by atoms with Crippen molar-refractivity contribution in [2.45, 2.75) is 55.0 Å². The van der Waals surface area contributed by atoms with Crippen LogP contribution in [-0.2, 0) is 6.54 Å². The molecule has 3 aromatic rings. The molecule has 4 nitrogen and oxygen atoms in total. The molecular weight excluding hydrogens is 428 g/mol. The minimum absolute atomic E-state index is 0.0424. The molecule has 1 aliphatic heterocycles. The monoisotopic (exact) mass is 456 g/mol. The first-order valence-corrected chi connectivity index (χ1v) is 12.5. The molecule has 0 unspecified atom stereocenters. The number of benzene rings is 3. The number of nitrogens with one attached hydrogen (secondary N) is 1. The number of hydrogen-bond donors (Lipinski definition) is 1. The lowest BCUT2D eigenvalue weighted by molar-refractivity contribution is 0.0908. The Morgan fingerprint density at radius 2 is 1.73 bits per heavy atom. The summed E-state index contributed by atoms with van der Waals surface area (Å²) >= 11 is 1.58. The molecule has 5 rings (SSSR count). The van der Waals surface area contributed by atoms with Crippen LogP contribution in [-0.4, -0.2) is 17.9 Å². The number of fused-ring (bicyclic) bond motifs is 2. The lowest BCUT2D eigenvalue weighted by Gasteiger charge is -2.29. The van der Waals surface area contributed by atoms with Crippen molar-refractivity contribution in [2.24, 2.45) is 5.92 Å². The van der Waals surface area contributed by atoms with E-state index in [1.807, 2.05) is 77.7 Å². The molecule has 0 radical (unpaired) electrons. The van der Waals surface area contributed by atoms with Crippen LogP contribution in [0.15, 0.2) is 82.6 Å². The third-order valence-electron chi connectivity index (χ3n) is 6.71. The van der Waals surface area contributed by atoms with Crippen molar-refractivity contribution in [1.29, 1.82) is 0 Å². The Morgan fingerprint density at radius 3 is 2.55 bits per heavy atom. The summed E-state index contributed by atoms with van der Waals surface area (Å²) in [5, 5.41) is 3.25. The van der Waals surface area contributed by atoms with Crippen molar-refractivity contribution in [3.8, 4) is 0 Å². The number of anilines is 1. The topological polar surface area (TPSA) is 49.4 Å². The molecule has 3 aromatic carbocycles. The Balaban J connectivity index is 1.51. The Labute approximate surface area is 199 Å². The highest BCUT2D eigenvalue weighted by molar-refractivity contribution is 7.99. The summed E-state index contributed by atoms with van der Waals surface area (Å²) < 4.78 is 0. The van der Waals surface area contributed by atoms with Crippen molar-refractivity contribution >= 4 is 29.3 Å². The Bertz CT molecular complexity index is 1180. The molecule has 1 aliphatic carbocycles. The van der Waals surface area contributed by atoms with E-state index in [4.69, 9.17) is 0 Å². The van der Waals surface area contributed by atoms with Crippen LogP contribution >= 0.6 is 11.8 Å². The fourth-order valence-corrected chi connectivity index (χ4v) is 5.83. The largest absolute Gasteiger partial charge is 0.349 e. The lowest BCUT2D eigenvalue weighted by Crippen LogP contribution is -2.41. The SMILES string of the molecule is C[C@@H]1CCCC[C@H]1NC(=O)c1ccc2c(c1)N(Cc1ccccc1)C(=O)c1ccccc1S2. The second-order valence-electron chi connectivity index (χ2n) is 9.00. The van der Waals surface area contributed by atoms with Crippen LogP contribution in [0.5, 0.6) is 0 Å². The van der Waals surface area contributed by atoms with Crippen LogP contribution < -0.4 is 10.2 Å². The quantitative estimate of drug-likeness (QED) is 0.501. The number of hydrogen-bond acceptors (Lipinski definition) is 3. The van der Waals surface area contributed by atoms with Gasteiger partial charge in [-0.2, -0.15) is 0 Å². The second-order valence-corrected chi connectivity index (χ2v) is 10.1. The second kappa shape index (κ2) is 9.44. The summed E-state index contributed by atoms with van der Waals surface area (Å²) in [6, 6.07) is 23.7. The zero-order valence-corrected chi connectivity index (χ0v) is 19.6. The molecule has 1 saturated carbocycles. The van der Waals surface area contributed by atoms with Gasteiger partial charge in [0.15, 0.2) is 0 Å². The highest BCUT2D eigenvalue weighted by Gasteiger charge is 2.29. The highest BCUT2D eigenvalue weighted by Crippen LogP contribution is 2.42. The third-order valence-corrected chi connectivity index (χ3v) is 7.85. The van der Waals surface area contributed by atoms with Gasteiger partial charge in [0, 0.05) is 21.4 Å². The Hall–Kier alpha value is -3.05. The van der Waals surface area contributed by atoms with Crippen molar-refractivity contribution in [3.63, 3.8) is 0 Å². The number of carbonyl (C=O) groups is 2. The van der Waals surface area contributed by atoms with Gasteiger partial charge in [0.25, 0.3) is 11.8 Å². The molecule has 1 heterocycles. The van der Waals surface area contributed by atoms with E-state index in [-0.39, 0.29) is 17.9 Å². The number of carbonyl (C=O) groups excluding carboxylic acids is 2. The molecule has 0 spiro atoms. The number of rotatable bonds is 4. The molecule has 1 fully saturated rings. The molecule has 2 amide bonds. The van der Waals surface area contributed by atoms with Gasteiger partial charge in [0.1, 0.15) is 0 Å². The van der Waals surface area contributed by atoms with E-state index >= 15 is 0 Å². The van der Waals surface area contributed by atoms with Gasteiger partial charge in [-0.25, -0.2) is 0 Å². The Morgan fingerprint density at radius 1 is 0.970 bits per heavy atom. The van der Waals surface area contributed by atoms with E-state index in [0.29, 0.717) is 23.6 Å². The van der Waals surface area contributed by atoms with Gasteiger partial charge in [0.2, 0.25) is 0 Å². The summed E-state index contributed by atoms with van der Waals surface area (Å²) in [7, 11) is 0. The maximum absolute atomic E-state index is 13.7. The predicted molar refractivity (Wildman–Crippen MR) is 133 cm³/mol. The fourth-order valence-electron chi connectivity index (χ4n) is 4.77. The standard InChI is InChI=1S/C28H28N2O2S/c1-19-9-5-7-13-23(19)29-27(31)21-15-16-26-24(17-21)30(18-20-10-3-2-4-11-20)28(32)22-12-6-8-14-25(22)33-26/h2-4,6,8,10-12,14-17,19,23H,5,7,9,13,18H2,1H3,(H,29,31)/t19-,23-/m1/s1. The van der Waals surface area contributed by atoms with E-state index < -0.39 is 0 Å². The summed E-state index contributed by atoms with van der Waals surface area (Å²) in [4.78, 5) is 30.6. The minimum Gasteiger partial charge on any atom is -0.349 e. The first-order valence-electron chi connectivity index (χ1n) is 11.7. The van der Waals surface area contributed by atoms with Crippen LogP contribution in [0.3, 0.4) is 0 Å². The van der Waals surface area contributed by atoms with Crippen molar-refractivity contribution in [2.75, 3.05) is 4.90 Å². The zero-order chi connectivity index (χ0) is 22.8. The van der Waals surface area contributed by atoms with Gasteiger partial charge in [-0.3, -0.25) is 9.59 Å². The van der Waals surface area contributed by atoms with Crippen molar-refractivity contribution in [3.05, 3.63) is 89.5 Å². The van der Waals surface area contributed by atoms with Crippen LogP contribution in [0.4, 0.5) is 5.69 Å². The molecule has 0 saturated heterocycles. The molecule has 0 aromatic heterocycles. The smallest absolute Gasteiger partial charge is 0.259 e. The number of nitrogens with zero attached hydrogens (tertiary/aromatic N) is 1. The van der Waals surface area contributed by atoms with Crippen LogP contribution in [0, 0.1) is 5.92 Å². The first kappa shape index (κ1) is 21.8. The summed E-state index contributed by atoms with van der Waals surface area (Å²) in [6.45, 7) is 2.67. The fraction of sp³-hybridized carbons (Fsp3) is 0.286. The third kappa shape index (κ3) is 4.55. The molecule has 1 N–H and O–H groups in total. The predicted octanol–water partition coefficient (Wildman–Crippen LogP) is 6.31. The molecule has 2 aliphatic rings. The maximum Gasteiger partial charge on any atom is 0.259 e. The van der Waals surface area contributed by atoms with E-state index in [9.17, 15) is 9.59 Å². The molecule has 5 heteroatoms. The van der Waals surface area contributed by atoms with E-state index in [1.165, 1.54) is 6.42 Å². The normalized spacial score (nSPS) is 19.9. The minimum atomic E-state index is -0.0598. The van der Waals surface area contributed by atoms with Crippen molar-refractivity contribution < 1.29 is 9.59 Å². The Kier molecular flexibility index (Phi) is 6.23. The highest BCUT2D eigenvalue weighted by atomic mass is 32.2. The van der Waals surface area contributed by atoms with Gasteiger partial charge >= 0.3 is 0 Å². The lowest BCUT2D eigenvalue weighted by atomic mass is 9.86. The summed E-state index contributed by atoms with van der Waals surface area (Å²) in [6.07, 6.45) is 4.58. The van der Waals surface area contributed by atoms with Crippen LogP contribution in [0.1, 0.15) is 58.9 Å². The van der Waals surface area contributed by atoms with Gasteiger partial charge in [-0.15, -0.1) is 0 Å². The first-order chi connectivity index (χ1) is 16.1. The molecular formula is C28H28N2O2S. The van der Waals surface area contributed by atoms with Gasteiger partial charge in [0.05, 0.1) is 17.8 Å². The van der Waals surface area contributed by atoms with E-state index in [2.05, 4.69) is 12.2 Å². The zero-order valence-electron chi connectivity index (χ0n) is 18.8. The van der Waals surface area contributed by atoms with Crippen molar-refractivity contribution in [1.82, 2.24) is 5.32 Å². The average Bonchev–Trinajstić information content (AvgIpc) is 2.95. The number of amides is 2. The molecule has 168 valence electrons. The molecule has 33 heavy (non-hydrogen) atoms. The summed E-state index contributed by atoms with van der Waals surface area (Å²) in [5.74, 6) is 0.388. The van der Waals surface area contributed by atoms with E-state index in [1.54, 1.807) is 11.8 Å². The van der Waals surface area contributed by atoms with Crippen LogP contribution in [0.2, 0.25) is 0 Å².